The van der Waals surface area contributed by atoms with E-state index in [1.807, 2.05) is 25.1 Å². The Morgan fingerprint density at radius 1 is 0.974 bits per heavy atom. The van der Waals surface area contributed by atoms with Crippen molar-refractivity contribution in [2.75, 3.05) is 48.7 Å². The normalized spacial score (nSPS) is 11.7. The number of methoxy groups -OCH3 is 5. The Labute approximate surface area is 226 Å². The van der Waals surface area contributed by atoms with E-state index in [1.54, 1.807) is 38.0 Å². The minimum Gasteiger partial charge on any atom is -0.493 e. The van der Waals surface area contributed by atoms with Gasteiger partial charge in [-0.2, -0.15) is 0 Å². The maximum Gasteiger partial charge on any atom is 0.262 e. The number of hydrogen-bond acceptors (Lipinski definition) is 9. The zero-order valence-electron chi connectivity index (χ0n) is 22.7. The number of thioether (sulfide) groups is 1. The first-order valence-electron chi connectivity index (χ1n) is 12.2. The number of aromatic nitrogens is 2. The van der Waals surface area contributed by atoms with Crippen molar-refractivity contribution in [2.24, 2.45) is 0 Å². The van der Waals surface area contributed by atoms with E-state index in [0.29, 0.717) is 71.6 Å². The number of ether oxygens (including phenoxy) is 5. The molecule has 2 aromatic carbocycles. The molecule has 0 saturated carbocycles. The molecule has 1 heterocycles. The highest BCUT2D eigenvalue weighted by Gasteiger charge is 2.23. The third kappa shape index (κ3) is 6.70. The number of aryl methyl sites for hydroxylation is 1. The van der Waals surface area contributed by atoms with Gasteiger partial charge in [0.1, 0.15) is 0 Å². The largest absolute Gasteiger partial charge is 0.493 e. The van der Waals surface area contributed by atoms with Crippen molar-refractivity contribution in [2.45, 2.75) is 36.7 Å². The summed E-state index contributed by atoms with van der Waals surface area (Å²) in [5.41, 5.74) is 1.20. The molecule has 0 saturated heterocycles. The average Bonchev–Trinajstić information content (AvgIpc) is 2.94. The van der Waals surface area contributed by atoms with Crippen molar-refractivity contribution in [3.63, 3.8) is 0 Å². The smallest absolute Gasteiger partial charge is 0.262 e. The topological polar surface area (TPSA) is 110 Å². The number of carbonyl (C=O) groups excluding carboxylic acids is 1. The molecule has 0 fully saturated rings. The van der Waals surface area contributed by atoms with Crippen molar-refractivity contribution in [3.05, 3.63) is 46.2 Å². The summed E-state index contributed by atoms with van der Waals surface area (Å²) < 4.78 is 28.2. The summed E-state index contributed by atoms with van der Waals surface area (Å²) in [6.07, 6.45) is 1.09. The first-order chi connectivity index (χ1) is 18.4. The highest BCUT2D eigenvalue weighted by atomic mass is 32.2. The predicted octanol–water partition coefficient (Wildman–Crippen LogP) is 3.31. The predicted molar refractivity (Wildman–Crippen MR) is 147 cm³/mol. The molecule has 206 valence electrons. The van der Waals surface area contributed by atoms with E-state index >= 15 is 0 Å². The van der Waals surface area contributed by atoms with Gasteiger partial charge in [-0.25, -0.2) is 4.98 Å². The van der Waals surface area contributed by atoms with Crippen LogP contribution in [0.3, 0.4) is 0 Å². The second-order valence-corrected chi connectivity index (χ2v) is 9.48. The highest BCUT2D eigenvalue weighted by Crippen LogP contribution is 2.32. The SMILES string of the molecule is CC[C@@H](Sc1nc2cc(OC)c(OC)cc2c(=O)n1CCc1ccc(OC)c(OC)c1)C(=O)NCCOC. The first kappa shape index (κ1) is 29.1. The van der Waals surface area contributed by atoms with Crippen molar-refractivity contribution < 1.29 is 28.5 Å². The van der Waals surface area contributed by atoms with Gasteiger partial charge in [0.2, 0.25) is 5.91 Å². The van der Waals surface area contributed by atoms with E-state index in [-0.39, 0.29) is 11.5 Å². The average molecular weight is 546 g/mol. The lowest BCUT2D eigenvalue weighted by Crippen LogP contribution is -2.35. The van der Waals surface area contributed by atoms with Gasteiger partial charge in [-0.15, -0.1) is 0 Å². The van der Waals surface area contributed by atoms with Gasteiger partial charge in [0.25, 0.3) is 5.56 Å². The molecule has 1 atom stereocenters. The van der Waals surface area contributed by atoms with Crippen LogP contribution in [0.1, 0.15) is 18.9 Å². The Bertz CT molecular complexity index is 1310. The summed E-state index contributed by atoms with van der Waals surface area (Å²) in [7, 11) is 7.79. The van der Waals surface area contributed by atoms with Crippen LogP contribution >= 0.6 is 11.8 Å². The quantitative estimate of drug-likeness (QED) is 0.185. The van der Waals surface area contributed by atoms with E-state index in [4.69, 9.17) is 28.7 Å². The standard InChI is InChI=1S/C27H35N3O7S/c1-7-24(25(31)28-11-13-33-2)38-27-29-19-16-23(37-6)22(36-5)15-18(19)26(32)30(27)12-10-17-8-9-20(34-3)21(14-17)35-4/h8-9,14-16,24H,7,10-13H2,1-6H3,(H,28,31)/t24-/m1/s1. The van der Waals surface area contributed by atoms with Crippen LogP contribution in [-0.2, 0) is 22.5 Å². The molecule has 0 spiro atoms. The molecular formula is C27H35N3O7S. The van der Waals surface area contributed by atoms with Crippen LogP contribution in [0, 0.1) is 0 Å². The van der Waals surface area contributed by atoms with Crippen LogP contribution in [0.5, 0.6) is 23.0 Å². The number of carbonyl (C=O) groups is 1. The number of rotatable bonds is 14. The number of fused-ring (bicyclic) bond motifs is 1. The Kier molecular flexibility index (Phi) is 10.7. The molecule has 0 aliphatic rings. The Hall–Kier alpha value is -3.44. The summed E-state index contributed by atoms with van der Waals surface area (Å²) in [6.45, 7) is 3.09. The lowest BCUT2D eigenvalue weighted by atomic mass is 10.1. The third-order valence-electron chi connectivity index (χ3n) is 6.01. The van der Waals surface area contributed by atoms with Gasteiger partial charge in [0.05, 0.1) is 51.2 Å². The number of benzene rings is 2. The molecule has 0 aliphatic carbocycles. The molecule has 3 aromatic rings. The van der Waals surface area contributed by atoms with Gasteiger partial charge in [0, 0.05) is 26.3 Å². The van der Waals surface area contributed by atoms with Crippen LogP contribution in [0.2, 0.25) is 0 Å². The summed E-state index contributed by atoms with van der Waals surface area (Å²) in [4.78, 5) is 31.4. The van der Waals surface area contributed by atoms with Crippen LogP contribution in [0.25, 0.3) is 10.9 Å². The van der Waals surface area contributed by atoms with Gasteiger partial charge in [-0.3, -0.25) is 14.2 Å². The lowest BCUT2D eigenvalue weighted by molar-refractivity contribution is -0.120. The van der Waals surface area contributed by atoms with Crippen molar-refractivity contribution in [1.29, 1.82) is 0 Å². The lowest BCUT2D eigenvalue weighted by Gasteiger charge is -2.19. The number of nitrogens with one attached hydrogen (secondary N) is 1. The molecule has 11 heteroatoms. The van der Waals surface area contributed by atoms with E-state index in [0.717, 1.165) is 5.56 Å². The van der Waals surface area contributed by atoms with E-state index in [9.17, 15) is 9.59 Å². The minimum absolute atomic E-state index is 0.136. The summed E-state index contributed by atoms with van der Waals surface area (Å²) in [5.74, 6) is 2.01. The number of hydrogen-bond donors (Lipinski definition) is 1. The van der Waals surface area contributed by atoms with Crippen molar-refractivity contribution >= 4 is 28.6 Å². The second-order valence-electron chi connectivity index (χ2n) is 8.31. The second kappa shape index (κ2) is 13.9. The van der Waals surface area contributed by atoms with Crippen molar-refractivity contribution in [3.8, 4) is 23.0 Å². The maximum absolute atomic E-state index is 13.8. The Balaban J connectivity index is 2.04. The van der Waals surface area contributed by atoms with Crippen LogP contribution in [0.4, 0.5) is 0 Å². The fourth-order valence-corrected chi connectivity index (χ4v) is 5.00. The first-order valence-corrected chi connectivity index (χ1v) is 13.1. The van der Waals surface area contributed by atoms with Gasteiger partial charge < -0.3 is 29.0 Å². The van der Waals surface area contributed by atoms with Gasteiger partial charge in [0.15, 0.2) is 28.2 Å². The van der Waals surface area contributed by atoms with Crippen LogP contribution < -0.4 is 29.8 Å². The zero-order chi connectivity index (χ0) is 27.7. The fourth-order valence-electron chi connectivity index (χ4n) is 3.93. The van der Waals surface area contributed by atoms with Crippen LogP contribution in [0.15, 0.2) is 40.3 Å². The summed E-state index contributed by atoms with van der Waals surface area (Å²) in [6, 6.07) is 8.97. The molecule has 10 nitrogen and oxygen atoms in total. The van der Waals surface area contributed by atoms with Crippen molar-refractivity contribution in [1.82, 2.24) is 14.9 Å². The molecule has 1 N–H and O–H groups in total. The van der Waals surface area contributed by atoms with Gasteiger partial charge in [-0.1, -0.05) is 24.8 Å². The fraction of sp³-hybridized carbons (Fsp3) is 0.444. The monoisotopic (exact) mass is 545 g/mol. The van der Waals surface area contributed by atoms with E-state index < -0.39 is 5.25 Å². The number of amides is 1. The van der Waals surface area contributed by atoms with Crippen LogP contribution in [-0.4, -0.2) is 69.4 Å². The summed E-state index contributed by atoms with van der Waals surface area (Å²) in [5, 5.41) is 3.29. The Morgan fingerprint density at radius 3 is 2.26 bits per heavy atom. The summed E-state index contributed by atoms with van der Waals surface area (Å²) >= 11 is 1.26. The minimum atomic E-state index is -0.441. The molecule has 3 rings (SSSR count). The van der Waals surface area contributed by atoms with E-state index in [2.05, 4.69) is 5.32 Å². The molecule has 0 bridgehead atoms. The highest BCUT2D eigenvalue weighted by molar-refractivity contribution is 8.00. The third-order valence-corrected chi connectivity index (χ3v) is 7.37. The van der Waals surface area contributed by atoms with Gasteiger partial charge in [-0.05, 0) is 36.6 Å². The molecule has 1 aromatic heterocycles. The molecular weight excluding hydrogens is 510 g/mol. The zero-order valence-corrected chi connectivity index (χ0v) is 23.5. The molecule has 0 radical (unpaired) electrons. The molecule has 38 heavy (non-hydrogen) atoms. The molecule has 1 amide bonds. The maximum atomic E-state index is 13.8. The number of nitrogens with zero attached hydrogens (tertiary/aromatic N) is 2. The Morgan fingerprint density at radius 2 is 1.63 bits per heavy atom. The van der Waals surface area contributed by atoms with E-state index in [1.165, 1.54) is 26.0 Å². The van der Waals surface area contributed by atoms with Gasteiger partial charge >= 0.3 is 0 Å². The molecule has 0 unspecified atom stereocenters. The molecule has 0 aliphatic heterocycles.